The molecule has 1 unspecified atom stereocenters. The van der Waals surface area contributed by atoms with Gasteiger partial charge in [0.2, 0.25) is 11.8 Å². The van der Waals surface area contributed by atoms with Gasteiger partial charge in [0.1, 0.15) is 12.6 Å². The highest BCUT2D eigenvalue weighted by Crippen LogP contribution is 2.27. The lowest BCUT2D eigenvalue weighted by Crippen LogP contribution is -2.52. The number of hydrogen-bond donors (Lipinski definition) is 1. The highest BCUT2D eigenvalue weighted by Gasteiger charge is 2.33. The normalized spacial score (nSPS) is 12.0. The van der Waals surface area contributed by atoms with Crippen molar-refractivity contribution in [1.82, 2.24) is 10.2 Å². The molecule has 0 aliphatic carbocycles. The van der Waals surface area contributed by atoms with Gasteiger partial charge in [0.05, 0.1) is 10.6 Å². The van der Waals surface area contributed by atoms with Gasteiger partial charge in [-0.15, -0.1) is 0 Å². The maximum Gasteiger partial charge on any atom is 0.264 e. The molecule has 0 aliphatic rings. The molecule has 3 aromatic rings. The van der Waals surface area contributed by atoms with Gasteiger partial charge < -0.3 is 10.2 Å². The summed E-state index contributed by atoms with van der Waals surface area (Å²) >= 11 is 12.3. The highest BCUT2D eigenvalue weighted by atomic mass is 35.5. The SMILES string of the molecule is CCCCNC(=O)C(CC)N(Cc1ccc(Cl)cc1)C(=O)CN(c1cccc(Cl)c1)S(=O)(=O)c1ccc(C)cc1. The topological polar surface area (TPSA) is 86.8 Å². The first kappa shape index (κ1) is 31.5. The van der Waals surface area contributed by atoms with E-state index in [9.17, 15) is 18.0 Å². The molecule has 0 aliphatic heterocycles. The van der Waals surface area contributed by atoms with Crippen LogP contribution in [0.15, 0.2) is 77.7 Å². The van der Waals surface area contributed by atoms with Gasteiger partial charge in [0.25, 0.3) is 10.0 Å². The zero-order valence-corrected chi connectivity index (χ0v) is 25.3. The summed E-state index contributed by atoms with van der Waals surface area (Å²) in [5.74, 6) is -0.808. The Morgan fingerprint density at radius 3 is 2.20 bits per heavy atom. The van der Waals surface area contributed by atoms with Crippen LogP contribution in [-0.4, -0.2) is 44.3 Å². The van der Waals surface area contributed by atoms with E-state index in [1.54, 1.807) is 54.6 Å². The summed E-state index contributed by atoms with van der Waals surface area (Å²) in [6, 6.07) is 18.9. The summed E-state index contributed by atoms with van der Waals surface area (Å²) in [5, 5.41) is 3.79. The highest BCUT2D eigenvalue weighted by molar-refractivity contribution is 7.92. The van der Waals surface area contributed by atoms with Gasteiger partial charge in [-0.2, -0.15) is 0 Å². The second-order valence-corrected chi connectivity index (χ2v) is 12.3. The number of rotatable bonds is 13. The summed E-state index contributed by atoms with van der Waals surface area (Å²) < 4.78 is 28.8. The molecule has 0 fully saturated rings. The lowest BCUT2D eigenvalue weighted by atomic mass is 10.1. The lowest BCUT2D eigenvalue weighted by Gasteiger charge is -2.33. The van der Waals surface area contributed by atoms with Crippen molar-refractivity contribution in [2.24, 2.45) is 0 Å². The molecule has 3 aromatic carbocycles. The predicted octanol–water partition coefficient (Wildman–Crippen LogP) is 6.22. The minimum Gasteiger partial charge on any atom is -0.354 e. The monoisotopic (exact) mass is 603 g/mol. The number of halogens is 2. The minimum atomic E-state index is -4.16. The van der Waals surface area contributed by atoms with Crippen molar-refractivity contribution in [2.75, 3.05) is 17.4 Å². The molecule has 0 aromatic heterocycles. The van der Waals surface area contributed by atoms with Crippen LogP contribution >= 0.6 is 23.2 Å². The molecule has 214 valence electrons. The molecule has 0 heterocycles. The number of sulfonamides is 1. The van der Waals surface area contributed by atoms with E-state index in [2.05, 4.69) is 5.32 Å². The molecular weight excluding hydrogens is 569 g/mol. The third kappa shape index (κ3) is 8.22. The number of amides is 2. The lowest BCUT2D eigenvalue weighted by molar-refractivity contribution is -0.140. The number of hydrogen-bond acceptors (Lipinski definition) is 4. The average Bonchev–Trinajstić information content (AvgIpc) is 2.93. The predicted molar refractivity (Wildman–Crippen MR) is 161 cm³/mol. The van der Waals surface area contributed by atoms with Gasteiger partial charge in [-0.1, -0.05) is 79.4 Å². The van der Waals surface area contributed by atoms with Gasteiger partial charge in [0.15, 0.2) is 0 Å². The van der Waals surface area contributed by atoms with Crippen LogP contribution in [0.3, 0.4) is 0 Å². The molecule has 0 bridgehead atoms. The standard InChI is InChI=1S/C30H35Cl2N3O4S/c1-4-6-18-33-30(37)28(5-2)34(20-23-12-14-24(31)15-13-23)29(36)21-35(26-9-7-8-25(32)19-26)40(38,39)27-16-10-22(3)11-17-27/h7-17,19,28H,4-6,18,20-21H2,1-3H3,(H,33,37). The van der Waals surface area contributed by atoms with Crippen molar-refractivity contribution in [3.05, 3.63) is 94.0 Å². The van der Waals surface area contributed by atoms with Crippen molar-refractivity contribution < 1.29 is 18.0 Å². The van der Waals surface area contributed by atoms with Crippen molar-refractivity contribution in [3.8, 4) is 0 Å². The summed E-state index contributed by atoms with van der Waals surface area (Å²) in [6.45, 7) is 5.78. The minimum absolute atomic E-state index is 0.0412. The maximum absolute atomic E-state index is 14.0. The third-order valence-corrected chi connectivity index (χ3v) is 8.74. The van der Waals surface area contributed by atoms with Crippen LogP contribution in [-0.2, 0) is 26.2 Å². The van der Waals surface area contributed by atoms with Crippen LogP contribution in [0.1, 0.15) is 44.2 Å². The number of nitrogens with one attached hydrogen (secondary N) is 1. The van der Waals surface area contributed by atoms with Gasteiger partial charge in [0, 0.05) is 23.1 Å². The Morgan fingerprint density at radius 1 is 0.925 bits per heavy atom. The molecule has 0 saturated heterocycles. The summed E-state index contributed by atoms with van der Waals surface area (Å²) in [5.41, 5.74) is 1.90. The summed E-state index contributed by atoms with van der Waals surface area (Å²) in [4.78, 5) is 28.7. The van der Waals surface area contributed by atoms with Crippen molar-refractivity contribution in [1.29, 1.82) is 0 Å². The molecule has 0 saturated carbocycles. The first-order valence-corrected chi connectivity index (χ1v) is 15.4. The van der Waals surface area contributed by atoms with Crippen LogP contribution in [0.4, 0.5) is 5.69 Å². The second-order valence-electron chi connectivity index (χ2n) is 9.52. The van der Waals surface area contributed by atoms with Gasteiger partial charge >= 0.3 is 0 Å². The van der Waals surface area contributed by atoms with E-state index in [1.165, 1.54) is 23.1 Å². The van der Waals surface area contributed by atoms with Gasteiger partial charge in [-0.05, 0) is 67.8 Å². The number of nitrogens with zero attached hydrogens (tertiary/aromatic N) is 2. The Morgan fingerprint density at radius 2 is 1.60 bits per heavy atom. The Bertz CT molecular complexity index is 1400. The molecule has 0 radical (unpaired) electrons. The first-order chi connectivity index (χ1) is 19.1. The van der Waals surface area contributed by atoms with Gasteiger partial charge in [-0.3, -0.25) is 13.9 Å². The molecule has 0 spiro atoms. The van der Waals surface area contributed by atoms with Crippen LogP contribution in [0, 0.1) is 6.92 Å². The van der Waals surface area contributed by atoms with Crippen LogP contribution in [0.5, 0.6) is 0 Å². The van der Waals surface area contributed by atoms with Crippen LogP contribution in [0.25, 0.3) is 0 Å². The summed E-state index contributed by atoms with van der Waals surface area (Å²) in [7, 11) is -4.16. The number of anilines is 1. The van der Waals surface area contributed by atoms with Crippen molar-refractivity contribution >= 4 is 50.7 Å². The quantitative estimate of drug-likeness (QED) is 0.235. The average molecular weight is 605 g/mol. The maximum atomic E-state index is 14.0. The summed E-state index contributed by atoms with van der Waals surface area (Å²) in [6.07, 6.45) is 2.07. The van der Waals surface area contributed by atoms with E-state index in [0.717, 1.165) is 28.3 Å². The zero-order valence-electron chi connectivity index (χ0n) is 22.9. The second kappa shape index (κ2) is 14.5. The van der Waals surface area contributed by atoms with Crippen LogP contribution < -0.4 is 9.62 Å². The molecule has 40 heavy (non-hydrogen) atoms. The smallest absolute Gasteiger partial charge is 0.264 e. The van der Waals surface area contributed by atoms with E-state index < -0.39 is 28.5 Å². The van der Waals surface area contributed by atoms with E-state index in [0.29, 0.717) is 23.0 Å². The van der Waals surface area contributed by atoms with E-state index >= 15 is 0 Å². The Balaban J connectivity index is 2.03. The van der Waals surface area contributed by atoms with Crippen LogP contribution in [0.2, 0.25) is 10.0 Å². The third-order valence-electron chi connectivity index (χ3n) is 6.47. The molecule has 10 heteroatoms. The number of unbranched alkanes of at least 4 members (excludes halogenated alkanes) is 1. The fourth-order valence-electron chi connectivity index (χ4n) is 4.21. The van der Waals surface area contributed by atoms with Crippen molar-refractivity contribution in [3.63, 3.8) is 0 Å². The van der Waals surface area contributed by atoms with E-state index in [1.807, 2.05) is 20.8 Å². The molecule has 7 nitrogen and oxygen atoms in total. The Kier molecular flexibility index (Phi) is 11.4. The number of aryl methyl sites for hydroxylation is 1. The zero-order chi connectivity index (χ0) is 29.3. The fraction of sp³-hybridized carbons (Fsp3) is 0.333. The number of carbonyl (C=O) groups is 2. The van der Waals surface area contributed by atoms with E-state index in [4.69, 9.17) is 23.2 Å². The Labute approximate surface area is 247 Å². The number of carbonyl (C=O) groups excluding carboxylic acids is 2. The molecule has 1 N–H and O–H groups in total. The fourth-order valence-corrected chi connectivity index (χ4v) is 5.93. The molecule has 3 rings (SSSR count). The first-order valence-electron chi connectivity index (χ1n) is 13.2. The molecular formula is C30H35Cl2N3O4S. The number of benzene rings is 3. The van der Waals surface area contributed by atoms with Gasteiger partial charge in [-0.25, -0.2) is 8.42 Å². The van der Waals surface area contributed by atoms with E-state index in [-0.39, 0.29) is 23.0 Å². The molecule has 2 amide bonds. The Hall–Kier alpha value is -3.07. The molecule has 1 atom stereocenters. The largest absolute Gasteiger partial charge is 0.354 e. The van der Waals surface area contributed by atoms with Crippen molar-refractivity contribution in [2.45, 2.75) is 57.5 Å².